The largest absolute Gasteiger partial charge is 0.481 e. The van der Waals surface area contributed by atoms with Gasteiger partial charge < -0.3 is 89.4 Å². The first kappa shape index (κ1) is 73.6. The summed E-state index contributed by atoms with van der Waals surface area (Å²) >= 11 is 0. The Morgan fingerprint density at radius 2 is 0.610 bits per heavy atom. The molecule has 34 heteroatoms. The first-order valence-corrected chi connectivity index (χ1v) is 25.9. The number of carboxylic acid groups (broad SMARTS) is 8. The molecule has 2 atom stereocenters. The van der Waals surface area contributed by atoms with E-state index in [-0.39, 0.29) is 145 Å². The number of aliphatic carboxylic acids is 8. The highest BCUT2D eigenvalue weighted by molar-refractivity contribution is 6.01. The SMILES string of the molecule is O=C(CC(C(=O)O)C(=O)O)CN1CCOCCOCCN(CC(=O)NC(C(=O)O)C(=O)O)CCOCCOCC1.O=C(O)CC(CC(=O)CN1CCOCCOCCN(CC(=O)NC(CC(=O)O)C(=O)O)CCOCCOCC1)C(=O)O. The Hall–Kier alpha value is -6.44. The Balaban J connectivity index is 0.000000821. The second-order valence-corrected chi connectivity index (χ2v) is 18.1. The molecule has 0 bridgehead atoms. The third-order valence-electron chi connectivity index (χ3n) is 11.5. The van der Waals surface area contributed by atoms with E-state index in [1.165, 1.54) is 0 Å². The van der Waals surface area contributed by atoms with Crippen LogP contribution < -0.4 is 10.6 Å². The van der Waals surface area contributed by atoms with E-state index in [1.54, 1.807) is 19.6 Å². The summed E-state index contributed by atoms with van der Waals surface area (Å²) in [5, 5.41) is 76.0. The molecular weight excluding hydrogens is 1110 g/mol. The van der Waals surface area contributed by atoms with Gasteiger partial charge in [-0.1, -0.05) is 0 Å². The van der Waals surface area contributed by atoms with E-state index in [0.717, 1.165) is 0 Å². The van der Waals surface area contributed by atoms with E-state index < -0.39 is 121 Å². The molecule has 0 radical (unpaired) electrons. The number of rotatable bonds is 24. The zero-order valence-electron chi connectivity index (χ0n) is 45.5. The third-order valence-corrected chi connectivity index (χ3v) is 11.5. The van der Waals surface area contributed by atoms with Crippen LogP contribution in [0.15, 0.2) is 0 Å². The van der Waals surface area contributed by atoms with Crippen LogP contribution in [0, 0.1) is 11.8 Å². The lowest BCUT2D eigenvalue weighted by molar-refractivity contribution is -0.157. The molecule has 0 aromatic rings. The monoisotopic (exact) mass is 1190 g/mol. The average molecular weight is 1190 g/mol. The summed E-state index contributed by atoms with van der Waals surface area (Å²) < 4.78 is 44.2. The number of ether oxygens (including phenoxy) is 8. The van der Waals surface area contributed by atoms with E-state index in [9.17, 15) is 62.6 Å². The van der Waals surface area contributed by atoms with Crippen LogP contribution in [0.2, 0.25) is 0 Å². The highest BCUT2D eigenvalue weighted by Crippen LogP contribution is 2.11. The van der Waals surface area contributed by atoms with Gasteiger partial charge in [-0.15, -0.1) is 0 Å². The fraction of sp³-hybridized carbons (Fsp3) is 0.750. The Kier molecular flexibility index (Phi) is 39.6. The molecule has 10 N–H and O–H groups in total. The lowest BCUT2D eigenvalue weighted by Crippen LogP contribution is -2.50. The molecule has 2 saturated heterocycles. The summed E-state index contributed by atoms with van der Waals surface area (Å²) in [6.45, 7) is 5.17. The van der Waals surface area contributed by atoms with Crippen LogP contribution in [-0.2, 0) is 95.4 Å². The van der Waals surface area contributed by atoms with E-state index in [1.807, 2.05) is 5.32 Å². The second kappa shape index (κ2) is 44.2. The topological polar surface area (TPSA) is 478 Å². The number of hydrogen-bond donors (Lipinski definition) is 10. The van der Waals surface area contributed by atoms with E-state index in [0.29, 0.717) is 39.3 Å². The minimum Gasteiger partial charge on any atom is -0.481 e. The predicted octanol–water partition coefficient (Wildman–Crippen LogP) is -5.08. The van der Waals surface area contributed by atoms with Gasteiger partial charge >= 0.3 is 47.8 Å². The van der Waals surface area contributed by atoms with Crippen LogP contribution in [0.4, 0.5) is 0 Å². The van der Waals surface area contributed by atoms with Crippen LogP contribution >= 0.6 is 0 Å². The molecular formula is C48H78N6O28. The van der Waals surface area contributed by atoms with Crippen molar-refractivity contribution in [3.8, 4) is 0 Å². The molecule has 82 heavy (non-hydrogen) atoms. The first-order chi connectivity index (χ1) is 39.0. The molecule has 2 fully saturated rings. The maximum atomic E-state index is 12.5. The number of carboxylic acids is 8. The number of hydrogen-bond acceptors (Lipinski definition) is 24. The molecule has 2 unspecified atom stereocenters. The highest BCUT2D eigenvalue weighted by atomic mass is 16.5. The molecule has 0 aromatic carbocycles. The van der Waals surface area contributed by atoms with Crippen molar-refractivity contribution in [1.29, 1.82) is 0 Å². The highest BCUT2D eigenvalue weighted by Gasteiger charge is 2.31. The Labute approximate surface area is 470 Å². The maximum Gasteiger partial charge on any atom is 0.338 e. The van der Waals surface area contributed by atoms with Gasteiger partial charge in [-0.3, -0.25) is 62.8 Å². The Bertz CT molecular complexity index is 1810. The molecule has 0 aromatic heterocycles. The minimum absolute atomic E-state index is 0.0873. The van der Waals surface area contributed by atoms with Crippen LogP contribution in [0.5, 0.6) is 0 Å². The van der Waals surface area contributed by atoms with E-state index in [4.69, 9.17) is 73.6 Å². The average Bonchev–Trinajstić information content (AvgIpc) is 3.38. The van der Waals surface area contributed by atoms with Crippen LogP contribution in [0.25, 0.3) is 0 Å². The van der Waals surface area contributed by atoms with Crippen molar-refractivity contribution in [2.24, 2.45) is 11.8 Å². The summed E-state index contributed by atoms with van der Waals surface area (Å²) in [6, 6.07) is -3.61. The van der Waals surface area contributed by atoms with Gasteiger partial charge in [-0.25, -0.2) is 14.4 Å². The summed E-state index contributed by atoms with van der Waals surface area (Å²) in [5.74, 6) is -17.5. The molecule has 2 amide bonds. The molecule has 0 spiro atoms. The number of nitrogens with one attached hydrogen (secondary N) is 2. The molecule has 2 rings (SSSR count). The number of ketones is 2. The van der Waals surface area contributed by atoms with Gasteiger partial charge in [0, 0.05) is 65.2 Å². The van der Waals surface area contributed by atoms with Crippen molar-refractivity contribution in [1.82, 2.24) is 30.2 Å². The first-order valence-electron chi connectivity index (χ1n) is 25.9. The zero-order chi connectivity index (χ0) is 61.2. The van der Waals surface area contributed by atoms with Crippen molar-refractivity contribution < 1.29 is 136 Å². The van der Waals surface area contributed by atoms with Crippen LogP contribution in [-0.4, -0.2) is 328 Å². The lowest BCUT2D eigenvalue weighted by Gasteiger charge is -2.24. The third kappa shape index (κ3) is 37.5. The summed E-state index contributed by atoms with van der Waals surface area (Å²) in [4.78, 5) is 144. The van der Waals surface area contributed by atoms with Crippen molar-refractivity contribution in [3.05, 3.63) is 0 Å². The zero-order valence-corrected chi connectivity index (χ0v) is 45.5. The number of carbonyl (C=O) groups is 12. The number of nitrogens with zero attached hydrogens (tertiary/aromatic N) is 4. The van der Waals surface area contributed by atoms with Gasteiger partial charge in [0.05, 0.1) is 151 Å². The number of amides is 2. The van der Waals surface area contributed by atoms with Crippen LogP contribution in [0.3, 0.4) is 0 Å². The van der Waals surface area contributed by atoms with Crippen molar-refractivity contribution >= 4 is 71.1 Å². The molecule has 468 valence electrons. The Morgan fingerprint density at radius 3 is 0.878 bits per heavy atom. The van der Waals surface area contributed by atoms with Gasteiger partial charge in [0.1, 0.15) is 17.6 Å². The quantitative estimate of drug-likeness (QED) is 0.0404. The minimum atomic E-state index is -2.06. The fourth-order valence-electron chi connectivity index (χ4n) is 7.24. The van der Waals surface area contributed by atoms with Gasteiger partial charge in [-0.2, -0.15) is 0 Å². The fourth-order valence-corrected chi connectivity index (χ4v) is 7.24. The molecule has 2 aliphatic rings. The van der Waals surface area contributed by atoms with Gasteiger partial charge in [-0.05, 0) is 0 Å². The number of carbonyl (C=O) groups excluding carboxylic acids is 4. The van der Waals surface area contributed by atoms with Crippen molar-refractivity contribution in [2.75, 3.05) is 184 Å². The summed E-state index contributed by atoms with van der Waals surface area (Å²) in [6.07, 6.45) is -2.43. The number of Topliss-reactive ketones (excluding diaryl/α,β-unsaturated/α-hetero) is 2. The molecule has 0 saturated carbocycles. The lowest BCUT2D eigenvalue weighted by atomic mass is 9.99. The second-order valence-electron chi connectivity index (χ2n) is 18.1. The normalized spacial score (nSPS) is 18.5. The molecule has 2 heterocycles. The Morgan fingerprint density at radius 1 is 0.317 bits per heavy atom. The summed E-state index contributed by atoms with van der Waals surface area (Å²) in [5.41, 5.74) is 0. The standard InChI is InChI=1S/C25H41N3O14.C23H37N3O14/c29-19(13-18(24(35)36)14-22(31)32)16-27-1-5-39-9-11-41-7-3-28(4-8-42-12-10-40-6-2-27)17-21(30)26-20(25(37)38)15-23(33)34;27-16(13-17(20(29)30)21(31)32)14-25-1-5-37-9-11-39-7-3-26(4-8-40-12-10-38-6-2-25)15-18(28)24-19(22(33)34)23(35)36/h18,20H,1-17H2,(H,26,30)(H,31,32)(H,33,34)(H,35,36)(H,37,38);17,19H,1-15H2,(H,24,28)(H,29,30)(H,31,32)(H,33,34)(H,35,36). The van der Waals surface area contributed by atoms with Crippen molar-refractivity contribution in [2.45, 2.75) is 37.8 Å². The smallest absolute Gasteiger partial charge is 0.338 e. The van der Waals surface area contributed by atoms with E-state index in [2.05, 4.69) is 5.32 Å². The van der Waals surface area contributed by atoms with Crippen molar-refractivity contribution in [3.63, 3.8) is 0 Å². The van der Waals surface area contributed by atoms with Gasteiger partial charge in [0.25, 0.3) is 0 Å². The van der Waals surface area contributed by atoms with Crippen LogP contribution in [0.1, 0.15) is 25.7 Å². The predicted molar refractivity (Wildman–Crippen MR) is 273 cm³/mol. The maximum absolute atomic E-state index is 12.5. The molecule has 0 aliphatic carbocycles. The van der Waals surface area contributed by atoms with Gasteiger partial charge in [0.15, 0.2) is 5.92 Å². The molecule has 34 nitrogen and oxygen atoms in total. The summed E-state index contributed by atoms with van der Waals surface area (Å²) in [7, 11) is 0. The molecule has 2 aliphatic heterocycles. The van der Waals surface area contributed by atoms with Gasteiger partial charge in [0.2, 0.25) is 17.9 Å². The van der Waals surface area contributed by atoms with E-state index >= 15 is 0 Å².